The number of benzene rings is 2. The highest BCUT2D eigenvalue weighted by molar-refractivity contribution is 7.20. The number of nitro benzene ring substituents is 1. The number of Topliss-reactive ketones (excluding diaryl/α,β-unsaturated/α-hetero) is 2. The molecule has 0 N–H and O–H groups in total. The number of hydrogen-bond donors (Lipinski definition) is 0. The number of carbonyl (C=O) groups is 2. The van der Waals surface area contributed by atoms with E-state index in [9.17, 15) is 19.7 Å². The van der Waals surface area contributed by atoms with Gasteiger partial charge in [0.2, 0.25) is 0 Å². The maximum Gasteiger partial charge on any atom is 0.273 e. The Morgan fingerprint density at radius 1 is 1.06 bits per heavy atom. The molecule has 2 bridgehead atoms. The molecule has 3 aliphatic rings. The van der Waals surface area contributed by atoms with E-state index in [2.05, 4.69) is 4.90 Å². The van der Waals surface area contributed by atoms with Crippen molar-refractivity contribution in [3.63, 3.8) is 0 Å². The average Bonchev–Trinajstić information content (AvgIpc) is 3.24. The average molecular weight is 463 g/mol. The van der Waals surface area contributed by atoms with Crippen LogP contribution in [0.3, 0.4) is 0 Å². The van der Waals surface area contributed by atoms with Crippen molar-refractivity contribution in [1.82, 2.24) is 4.90 Å². The smallest absolute Gasteiger partial charge is 0.273 e. The Hall–Kier alpha value is -2.90. The highest BCUT2D eigenvalue weighted by atomic mass is 32.1. The molecule has 0 radical (unpaired) electrons. The molecular weight excluding hydrogens is 436 g/mol. The van der Waals surface area contributed by atoms with Crippen molar-refractivity contribution in [2.45, 2.75) is 32.1 Å². The van der Waals surface area contributed by atoms with Gasteiger partial charge in [-0.25, -0.2) is 0 Å². The highest BCUT2D eigenvalue weighted by Gasteiger charge is 2.35. The van der Waals surface area contributed by atoms with E-state index in [-0.39, 0.29) is 30.1 Å². The second-order valence-corrected chi connectivity index (χ2v) is 10.4. The van der Waals surface area contributed by atoms with Crippen LogP contribution >= 0.6 is 11.3 Å². The summed E-state index contributed by atoms with van der Waals surface area (Å²) in [6.45, 7) is 3.40. The van der Waals surface area contributed by atoms with Crippen LogP contribution in [0.5, 0.6) is 0 Å². The number of para-hydroxylation sites is 1. The Morgan fingerprint density at radius 2 is 1.85 bits per heavy atom. The summed E-state index contributed by atoms with van der Waals surface area (Å²) in [7, 11) is 0. The fourth-order valence-electron chi connectivity index (χ4n) is 5.32. The van der Waals surface area contributed by atoms with Gasteiger partial charge in [-0.05, 0) is 60.8 Å². The van der Waals surface area contributed by atoms with Crippen molar-refractivity contribution in [3.8, 4) is 0 Å². The summed E-state index contributed by atoms with van der Waals surface area (Å²) in [5.41, 5.74) is 1.28. The fourth-order valence-corrected chi connectivity index (χ4v) is 6.40. The van der Waals surface area contributed by atoms with Gasteiger partial charge in [-0.2, -0.15) is 0 Å². The Balaban J connectivity index is 1.26. The minimum Gasteiger partial charge on any atom is -0.303 e. The summed E-state index contributed by atoms with van der Waals surface area (Å²) < 4.78 is 1.00. The number of rotatable bonds is 8. The lowest BCUT2D eigenvalue weighted by Crippen LogP contribution is -2.47. The van der Waals surface area contributed by atoms with Crippen LogP contribution in [0, 0.1) is 22.0 Å². The predicted molar refractivity (Wildman–Crippen MR) is 129 cm³/mol. The van der Waals surface area contributed by atoms with Crippen LogP contribution in [0.4, 0.5) is 5.69 Å². The van der Waals surface area contributed by atoms with Gasteiger partial charge in [0.15, 0.2) is 5.78 Å². The van der Waals surface area contributed by atoms with Gasteiger partial charge in [0.25, 0.3) is 5.69 Å². The lowest BCUT2D eigenvalue weighted by atomic mass is 9.76. The molecule has 0 saturated carbocycles. The molecule has 0 unspecified atom stereocenters. The Kier molecular flexibility index (Phi) is 6.08. The molecule has 3 fully saturated rings. The zero-order valence-corrected chi connectivity index (χ0v) is 19.2. The molecule has 170 valence electrons. The van der Waals surface area contributed by atoms with Crippen molar-refractivity contribution in [3.05, 3.63) is 74.6 Å². The van der Waals surface area contributed by atoms with E-state index in [1.54, 1.807) is 18.2 Å². The second-order valence-electron chi connectivity index (χ2n) is 9.29. The Morgan fingerprint density at radius 3 is 2.58 bits per heavy atom. The van der Waals surface area contributed by atoms with Gasteiger partial charge in [-0.1, -0.05) is 30.3 Å². The molecule has 1 aromatic heterocycles. The minimum absolute atomic E-state index is 0.0225. The number of hydrogen-bond acceptors (Lipinski definition) is 6. The Bertz CT molecular complexity index is 1230. The topological polar surface area (TPSA) is 80.5 Å². The lowest BCUT2D eigenvalue weighted by molar-refractivity contribution is -0.385. The molecule has 0 spiro atoms. The molecule has 6 nitrogen and oxygen atoms in total. The van der Waals surface area contributed by atoms with Gasteiger partial charge >= 0.3 is 0 Å². The summed E-state index contributed by atoms with van der Waals surface area (Å²) in [5, 5.41) is 12.2. The summed E-state index contributed by atoms with van der Waals surface area (Å²) in [6.07, 6.45) is 3.29. The zero-order chi connectivity index (χ0) is 22.9. The van der Waals surface area contributed by atoms with Crippen molar-refractivity contribution in [2.24, 2.45) is 11.8 Å². The molecule has 2 aromatic carbocycles. The van der Waals surface area contributed by atoms with Gasteiger partial charge in [-0.3, -0.25) is 19.7 Å². The number of thiophene rings is 1. The van der Waals surface area contributed by atoms with E-state index in [0.717, 1.165) is 27.1 Å². The van der Waals surface area contributed by atoms with Gasteiger partial charge in [-0.15, -0.1) is 11.3 Å². The normalized spacial score (nSPS) is 21.9. The lowest BCUT2D eigenvalue weighted by Gasteiger charge is -2.44. The Labute approximate surface area is 196 Å². The van der Waals surface area contributed by atoms with Crippen molar-refractivity contribution in [1.29, 1.82) is 0 Å². The molecule has 6 rings (SSSR count). The molecule has 3 aliphatic heterocycles. The van der Waals surface area contributed by atoms with Crippen LogP contribution < -0.4 is 0 Å². The van der Waals surface area contributed by atoms with Crippen molar-refractivity contribution in [2.75, 3.05) is 19.6 Å². The van der Waals surface area contributed by atoms with E-state index >= 15 is 0 Å². The first-order valence-corrected chi connectivity index (χ1v) is 12.3. The molecular formula is C26H26N2O4S. The van der Waals surface area contributed by atoms with Crippen LogP contribution in [0.15, 0.2) is 48.5 Å². The zero-order valence-electron chi connectivity index (χ0n) is 18.4. The van der Waals surface area contributed by atoms with E-state index < -0.39 is 4.92 Å². The summed E-state index contributed by atoms with van der Waals surface area (Å²) in [5.74, 6) is 1.31. The maximum absolute atomic E-state index is 13.0. The monoisotopic (exact) mass is 462 g/mol. The third-order valence-corrected chi connectivity index (χ3v) is 8.21. The van der Waals surface area contributed by atoms with Crippen LogP contribution in [0.1, 0.15) is 40.1 Å². The van der Waals surface area contributed by atoms with Crippen molar-refractivity contribution < 1.29 is 14.5 Å². The molecule has 0 aliphatic carbocycles. The first-order valence-electron chi connectivity index (χ1n) is 11.5. The van der Waals surface area contributed by atoms with E-state index in [0.29, 0.717) is 23.8 Å². The molecule has 0 amide bonds. The number of nitrogens with zero attached hydrogens (tertiary/aromatic N) is 2. The molecule has 3 saturated heterocycles. The number of ketones is 2. The van der Waals surface area contributed by atoms with Crippen LogP contribution in [0.25, 0.3) is 10.1 Å². The van der Waals surface area contributed by atoms with E-state index in [1.807, 2.05) is 24.3 Å². The fraction of sp³-hybridized carbons (Fsp3) is 0.385. The molecule has 3 aromatic rings. The number of piperidine rings is 3. The largest absolute Gasteiger partial charge is 0.303 e. The number of nitro groups is 1. The minimum atomic E-state index is -0.450. The predicted octanol–water partition coefficient (Wildman–Crippen LogP) is 5.08. The molecule has 4 heterocycles. The number of carbonyl (C=O) groups excluding carboxylic acids is 2. The molecule has 7 heteroatoms. The summed E-state index contributed by atoms with van der Waals surface area (Å²) in [6, 6.07) is 14.2. The third-order valence-electron chi connectivity index (χ3n) is 7.08. The third kappa shape index (κ3) is 4.75. The van der Waals surface area contributed by atoms with E-state index in [1.165, 1.54) is 43.3 Å². The first kappa shape index (κ1) is 21.9. The van der Waals surface area contributed by atoms with Gasteiger partial charge in [0.05, 0.1) is 9.80 Å². The van der Waals surface area contributed by atoms with Crippen LogP contribution in [-0.2, 0) is 17.6 Å². The molecule has 1 atom stereocenters. The maximum atomic E-state index is 13.0. The quantitative estimate of drug-likeness (QED) is 0.265. The first-order chi connectivity index (χ1) is 16.0. The second kappa shape index (κ2) is 9.15. The van der Waals surface area contributed by atoms with E-state index in [4.69, 9.17) is 0 Å². The van der Waals surface area contributed by atoms with Crippen LogP contribution in [-0.4, -0.2) is 41.0 Å². The van der Waals surface area contributed by atoms with Gasteiger partial charge in [0, 0.05) is 42.1 Å². The van der Waals surface area contributed by atoms with Gasteiger partial charge < -0.3 is 4.90 Å². The molecule has 33 heavy (non-hydrogen) atoms. The van der Waals surface area contributed by atoms with Crippen molar-refractivity contribution >= 4 is 38.7 Å². The SMILES string of the molecule is O=C(Cc1ccc2cc(C(=O)C[C@H]3CN4CCC3CC4)sc2c1)Cc1ccccc1[N+](=O)[O-]. The summed E-state index contributed by atoms with van der Waals surface area (Å²) >= 11 is 1.50. The number of fused-ring (bicyclic) bond motifs is 4. The highest BCUT2D eigenvalue weighted by Crippen LogP contribution is 2.36. The van der Waals surface area contributed by atoms with Gasteiger partial charge in [0.1, 0.15) is 5.78 Å². The van der Waals surface area contributed by atoms with Crippen LogP contribution in [0.2, 0.25) is 0 Å². The summed E-state index contributed by atoms with van der Waals surface area (Å²) in [4.78, 5) is 39.6. The standard InChI is InChI=1S/C26H26N2O4S/c29-22(13-19-3-1-2-4-23(19)28(31)32)11-17-5-6-20-15-26(33-25(20)12-17)24(30)14-21-16-27-9-7-18(21)8-10-27/h1-6,12,15,18,21H,7-11,13-14,16H2/t21-/m0/s1.